The molecule has 100 valence electrons. The number of hydrogen-bond donors (Lipinski definition) is 1. The largest absolute Gasteiger partial charge is 0.497 e. The third-order valence-electron chi connectivity index (χ3n) is 2.74. The second kappa shape index (κ2) is 6.89. The van der Waals surface area contributed by atoms with Crippen LogP contribution in [0, 0.1) is 0 Å². The van der Waals surface area contributed by atoms with Crippen molar-refractivity contribution >= 4 is 5.91 Å². The molecule has 1 rings (SSSR count). The van der Waals surface area contributed by atoms with Crippen LogP contribution in [0.4, 0.5) is 0 Å². The van der Waals surface area contributed by atoms with E-state index in [2.05, 4.69) is 5.32 Å². The van der Waals surface area contributed by atoms with E-state index in [9.17, 15) is 4.79 Å². The summed E-state index contributed by atoms with van der Waals surface area (Å²) in [6.07, 6.45) is 0.397. The third kappa shape index (κ3) is 4.28. The zero-order valence-electron chi connectivity index (χ0n) is 11.4. The van der Waals surface area contributed by atoms with Crippen LogP contribution in [-0.2, 0) is 4.79 Å². The van der Waals surface area contributed by atoms with Crippen LogP contribution in [0.2, 0.25) is 0 Å². The Kier molecular flexibility index (Phi) is 5.49. The molecule has 0 saturated heterocycles. The molecule has 0 heterocycles. The van der Waals surface area contributed by atoms with E-state index in [4.69, 9.17) is 9.47 Å². The first-order chi connectivity index (χ1) is 8.56. The average Bonchev–Trinajstić information content (AvgIpc) is 2.39. The summed E-state index contributed by atoms with van der Waals surface area (Å²) in [5.41, 5.74) is 0. The van der Waals surface area contributed by atoms with Crippen molar-refractivity contribution in [3.8, 4) is 11.5 Å². The fourth-order valence-electron chi connectivity index (χ4n) is 1.37. The van der Waals surface area contributed by atoms with Crippen LogP contribution in [0.1, 0.15) is 27.2 Å². The van der Waals surface area contributed by atoms with Gasteiger partial charge in [-0.3, -0.25) is 4.79 Å². The lowest BCUT2D eigenvalue weighted by atomic mass is 10.2. The maximum Gasteiger partial charge on any atom is 0.260 e. The first kappa shape index (κ1) is 14.4. The molecule has 0 aliphatic heterocycles. The van der Waals surface area contributed by atoms with Crippen molar-refractivity contribution < 1.29 is 14.3 Å². The molecule has 0 fully saturated rings. The summed E-state index contributed by atoms with van der Waals surface area (Å²) in [4.78, 5) is 11.8. The predicted molar refractivity (Wildman–Crippen MR) is 71.0 cm³/mol. The molecule has 0 aromatic heterocycles. The summed E-state index contributed by atoms with van der Waals surface area (Å²) in [7, 11) is 1.61. The van der Waals surface area contributed by atoms with E-state index in [1.54, 1.807) is 38.3 Å². The highest BCUT2D eigenvalue weighted by molar-refractivity contribution is 5.80. The Morgan fingerprint density at radius 1 is 1.22 bits per heavy atom. The predicted octanol–water partition coefficient (Wildman–Crippen LogP) is 2.38. The number of methoxy groups -OCH3 is 1. The molecule has 1 amide bonds. The summed E-state index contributed by atoms with van der Waals surface area (Å²) in [6.45, 7) is 5.74. The Labute approximate surface area is 108 Å². The number of hydrogen-bond acceptors (Lipinski definition) is 3. The quantitative estimate of drug-likeness (QED) is 0.844. The van der Waals surface area contributed by atoms with Crippen LogP contribution < -0.4 is 14.8 Å². The molecule has 2 atom stereocenters. The van der Waals surface area contributed by atoms with E-state index < -0.39 is 6.10 Å². The van der Waals surface area contributed by atoms with Crippen LogP contribution in [0.3, 0.4) is 0 Å². The van der Waals surface area contributed by atoms with E-state index in [-0.39, 0.29) is 11.9 Å². The van der Waals surface area contributed by atoms with Crippen LogP contribution in [0.25, 0.3) is 0 Å². The van der Waals surface area contributed by atoms with Crippen molar-refractivity contribution in [1.82, 2.24) is 5.32 Å². The number of carbonyl (C=O) groups excluding carboxylic acids is 1. The van der Waals surface area contributed by atoms with Crippen LogP contribution in [0.5, 0.6) is 11.5 Å². The van der Waals surface area contributed by atoms with Gasteiger partial charge in [-0.15, -0.1) is 0 Å². The van der Waals surface area contributed by atoms with Gasteiger partial charge in [-0.2, -0.15) is 0 Å². The van der Waals surface area contributed by atoms with Gasteiger partial charge in [-0.1, -0.05) is 6.92 Å². The lowest BCUT2D eigenvalue weighted by Gasteiger charge is -2.17. The lowest BCUT2D eigenvalue weighted by Crippen LogP contribution is -2.40. The Hall–Kier alpha value is -1.71. The van der Waals surface area contributed by atoms with Crippen LogP contribution >= 0.6 is 0 Å². The Bertz CT molecular complexity index is 375. The van der Waals surface area contributed by atoms with Crippen molar-refractivity contribution in [2.45, 2.75) is 39.3 Å². The first-order valence-corrected chi connectivity index (χ1v) is 6.18. The average molecular weight is 251 g/mol. The number of benzene rings is 1. The van der Waals surface area contributed by atoms with E-state index in [0.29, 0.717) is 5.75 Å². The van der Waals surface area contributed by atoms with E-state index in [1.165, 1.54) is 0 Å². The van der Waals surface area contributed by atoms with Crippen LogP contribution in [0.15, 0.2) is 24.3 Å². The normalized spacial score (nSPS) is 13.6. The smallest absolute Gasteiger partial charge is 0.260 e. The molecule has 1 N–H and O–H groups in total. The molecule has 1 aromatic rings. The van der Waals surface area contributed by atoms with Gasteiger partial charge in [0.25, 0.3) is 5.91 Å². The monoisotopic (exact) mass is 251 g/mol. The minimum absolute atomic E-state index is 0.0971. The maximum absolute atomic E-state index is 11.8. The van der Waals surface area contributed by atoms with Gasteiger partial charge >= 0.3 is 0 Å². The summed E-state index contributed by atoms with van der Waals surface area (Å²) in [6, 6.07) is 7.33. The van der Waals surface area contributed by atoms with Gasteiger partial charge < -0.3 is 14.8 Å². The molecule has 0 unspecified atom stereocenters. The van der Waals surface area contributed by atoms with Gasteiger partial charge in [0.05, 0.1) is 7.11 Å². The lowest BCUT2D eigenvalue weighted by molar-refractivity contribution is -0.127. The first-order valence-electron chi connectivity index (χ1n) is 6.18. The Morgan fingerprint density at radius 2 is 1.78 bits per heavy atom. The molecule has 0 radical (unpaired) electrons. The number of carbonyl (C=O) groups is 1. The van der Waals surface area contributed by atoms with E-state index in [1.807, 2.05) is 13.8 Å². The van der Waals surface area contributed by atoms with E-state index >= 15 is 0 Å². The zero-order valence-corrected chi connectivity index (χ0v) is 11.4. The highest BCUT2D eigenvalue weighted by Crippen LogP contribution is 2.18. The highest BCUT2D eigenvalue weighted by atomic mass is 16.5. The zero-order chi connectivity index (χ0) is 13.5. The second-order valence-corrected chi connectivity index (χ2v) is 4.25. The number of amides is 1. The van der Waals surface area contributed by atoms with Crippen LogP contribution in [-0.4, -0.2) is 25.2 Å². The Balaban J connectivity index is 2.52. The SMILES string of the molecule is CC[C@@H](C)NC(=O)[C@H](C)Oc1ccc(OC)cc1. The molecule has 0 aliphatic rings. The summed E-state index contributed by atoms with van der Waals surface area (Å²) < 4.78 is 10.6. The minimum atomic E-state index is -0.507. The summed E-state index contributed by atoms with van der Waals surface area (Å²) >= 11 is 0. The van der Waals surface area contributed by atoms with Crippen molar-refractivity contribution in [3.05, 3.63) is 24.3 Å². The number of nitrogens with one attached hydrogen (secondary N) is 1. The molecule has 4 heteroatoms. The van der Waals surface area contributed by atoms with E-state index in [0.717, 1.165) is 12.2 Å². The van der Waals surface area contributed by atoms with Crippen molar-refractivity contribution in [1.29, 1.82) is 0 Å². The molecule has 0 spiro atoms. The van der Waals surface area contributed by atoms with Gasteiger partial charge in [0.2, 0.25) is 0 Å². The molecule has 18 heavy (non-hydrogen) atoms. The van der Waals surface area contributed by atoms with Gasteiger partial charge in [-0.05, 0) is 44.5 Å². The standard InChI is InChI=1S/C14H21NO3/c1-5-10(2)15-14(16)11(3)18-13-8-6-12(17-4)7-9-13/h6-11H,5H2,1-4H3,(H,15,16)/t10-,11+/m1/s1. The molecular weight excluding hydrogens is 230 g/mol. The molecular formula is C14H21NO3. The molecule has 0 bridgehead atoms. The molecule has 0 saturated carbocycles. The number of ether oxygens (including phenoxy) is 2. The minimum Gasteiger partial charge on any atom is -0.497 e. The van der Waals surface area contributed by atoms with Crippen molar-refractivity contribution in [3.63, 3.8) is 0 Å². The third-order valence-corrected chi connectivity index (χ3v) is 2.74. The van der Waals surface area contributed by atoms with Gasteiger partial charge in [0, 0.05) is 6.04 Å². The fraction of sp³-hybridized carbons (Fsp3) is 0.500. The Morgan fingerprint density at radius 3 is 2.28 bits per heavy atom. The molecule has 1 aromatic carbocycles. The van der Waals surface area contributed by atoms with Gasteiger partial charge in [0.15, 0.2) is 6.10 Å². The molecule has 0 aliphatic carbocycles. The molecule has 4 nitrogen and oxygen atoms in total. The van der Waals surface area contributed by atoms with Gasteiger partial charge in [0.1, 0.15) is 11.5 Å². The van der Waals surface area contributed by atoms with Gasteiger partial charge in [-0.25, -0.2) is 0 Å². The fourth-order valence-corrected chi connectivity index (χ4v) is 1.37. The van der Waals surface area contributed by atoms with Crippen molar-refractivity contribution in [2.24, 2.45) is 0 Å². The second-order valence-electron chi connectivity index (χ2n) is 4.25. The topological polar surface area (TPSA) is 47.6 Å². The highest BCUT2D eigenvalue weighted by Gasteiger charge is 2.15. The maximum atomic E-state index is 11.8. The summed E-state index contributed by atoms with van der Waals surface area (Å²) in [5.74, 6) is 1.32. The summed E-state index contributed by atoms with van der Waals surface area (Å²) in [5, 5.41) is 2.88. The number of rotatable bonds is 6. The van der Waals surface area contributed by atoms with Crippen molar-refractivity contribution in [2.75, 3.05) is 7.11 Å².